The highest BCUT2D eigenvalue weighted by Gasteiger charge is 2.36. The van der Waals surface area contributed by atoms with Crippen LogP contribution in [0.15, 0.2) is 53.4 Å². The molecule has 236 valence electrons. The molecule has 2 aromatic rings. The van der Waals surface area contributed by atoms with Gasteiger partial charge in [-0.15, -0.1) is 0 Å². The van der Waals surface area contributed by atoms with E-state index in [-0.39, 0.29) is 61.0 Å². The number of carbonyl (C=O) groups excluding carboxylic acids is 2. The SMILES string of the molecule is CC(C)CC(=O)N(NC(=O)CNC1CC1)[C@@H](Cc1ccccc1)[C@H](O)CN(CC(C)C)S(=O)(=O)c1ccc2c(c1)CCO2. The van der Waals surface area contributed by atoms with Crippen LogP contribution in [0.2, 0.25) is 0 Å². The van der Waals surface area contributed by atoms with Crippen LogP contribution >= 0.6 is 0 Å². The number of hydrogen-bond donors (Lipinski definition) is 3. The van der Waals surface area contributed by atoms with Crippen LogP contribution in [0.1, 0.15) is 58.1 Å². The molecule has 4 rings (SSSR count). The summed E-state index contributed by atoms with van der Waals surface area (Å²) in [6.45, 7) is 8.12. The van der Waals surface area contributed by atoms with Crippen molar-refractivity contribution in [1.29, 1.82) is 0 Å². The molecule has 0 bridgehead atoms. The molecule has 0 saturated heterocycles. The molecule has 0 spiro atoms. The van der Waals surface area contributed by atoms with Crippen LogP contribution in [-0.2, 0) is 32.5 Å². The van der Waals surface area contributed by atoms with Gasteiger partial charge in [-0.2, -0.15) is 4.31 Å². The largest absolute Gasteiger partial charge is 0.493 e. The number of ether oxygens (including phenoxy) is 1. The molecule has 1 saturated carbocycles. The lowest BCUT2D eigenvalue weighted by atomic mass is 9.99. The van der Waals surface area contributed by atoms with Crippen molar-refractivity contribution in [1.82, 2.24) is 20.1 Å². The van der Waals surface area contributed by atoms with Crippen LogP contribution in [0, 0.1) is 11.8 Å². The number of sulfonamides is 1. The van der Waals surface area contributed by atoms with E-state index >= 15 is 0 Å². The summed E-state index contributed by atoms with van der Waals surface area (Å²) >= 11 is 0. The van der Waals surface area contributed by atoms with E-state index in [0.29, 0.717) is 24.8 Å². The number of hydrogen-bond acceptors (Lipinski definition) is 7. The minimum absolute atomic E-state index is 0.00705. The minimum atomic E-state index is -4.00. The normalized spacial score (nSPS) is 16.2. The Morgan fingerprint density at radius 1 is 1.02 bits per heavy atom. The molecule has 11 heteroatoms. The van der Waals surface area contributed by atoms with E-state index in [2.05, 4.69) is 10.7 Å². The van der Waals surface area contributed by atoms with Gasteiger partial charge in [-0.1, -0.05) is 58.0 Å². The van der Waals surface area contributed by atoms with Gasteiger partial charge in [0.15, 0.2) is 0 Å². The highest BCUT2D eigenvalue weighted by molar-refractivity contribution is 7.89. The maximum absolute atomic E-state index is 14.0. The van der Waals surface area contributed by atoms with E-state index in [1.165, 1.54) is 15.4 Å². The topological polar surface area (TPSA) is 128 Å². The van der Waals surface area contributed by atoms with Gasteiger partial charge in [0.1, 0.15) is 5.75 Å². The fourth-order valence-electron chi connectivity index (χ4n) is 5.21. The summed E-state index contributed by atoms with van der Waals surface area (Å²) in [5.41, 5.74) is 4.44. The predicted octanol–water partition coefficient (Wildman–Crippen LogP) is 2.90. The Balaban J connectivity index is 1.65. The monoisotopic (exact) mass is 614 g/mol. The number of nitrogens with one attached hydrogen (secondary N) is 2. The Bertz CT molecular complexity index is 1350. The second-order valence-corrected chi connectivity index (χ2v) is 14.4. The molecule has 2 aliphatic rings. The molecule has 1 aliphatic heterocycles. The summed E-state index contributed by atoms with van der Waals surface area (Å²) in [4.78, 5) is 26.7. The lowest BCUT2D eigenvalue weighted by molar-refractivity contribution is -0.148. The summed E-state index contributed by atoms with van der Waals surface area (Å²) in [6.07, 6.45) is 1.71. The molecule has 1 fully saturated rings. The van der Waals surface area contributed by atoms with Crippen molar-refractivity contribution in [3.05, 3.63) is 59.7 Å². The lowest BCUT2D eigenvalue weighted by Crippen LogP contribution is -2.60. The standard InChI is InChI=1S/C32H46N4O6S/c1-22(2)16-32(39)36(34-31(38)19-33-26-10-11-26)28(17-24-8-6-5-7-9-24)29(37)21-35(20-23(3)4)43(40,41)27-12-13-30-25(18-27)14-15-42-30/h5-9,12-13,18,22-23,26,28-29,33,37H,10-11,14-17,19-21H2,1-4H3,(H,34,38)/t28-,29+/m0/s1. The smallest absolute Gasteiger partial charge is 0.252 e. The second-order valence-electron chi connectivity index (χ2n) is 12.5. The van der Waals surface area contributed by atoms with Gasteiger partial charge in [0.05, 0.1) is 30.2 Å². The lowest BCUT2D eigenvalue weighted by Gasteiger charge is -2.37. The number of carbonyl (C=O) groups is 2. The fraction of sp³-hybridized carbons (Fsp3) is 0.562. The quantitative estimate of drug-likeness (QED) is 0.263. The molecular weight excluding hydrogens is 568 g/mol. The zero-order chi connectivity index (χ0) is 31.1. The first-order chi connectivity index (χ1) is 20.4. The molecular formula is C32H46N4O6S. The highest BCUT2D eigenvalue weighted by atomic mass is 32.2. The van der Waals surface area contributed by atoms with Gasteiger partial charge >= 0.3 is 0 Å². The Morgan fingerprint density at radius 3 is 2.40 bits per heavy atom. The average Bonchev–Trinajstić information content (AvgIpc) is 3.67. The molecule has 0 radical (unpaired) electrons. The molecule has 10 nitrogen and oxygen atoms in total. The van der Waals surface area contributed by atoms with E-state index in [4.69, 9.17) is 4.74 Å². The van der Waals surface area contributed by atoms with Crippen molar-refractivity contribution >= 4 is 21.8 Å². The van der Waals surface area contributed by atoms with Crippen molar-refractivity contribution < 1.29 is 27.9 Å². The predicted molar refractivity (Wildman–Crippen MR) is 165 cm³/mol. The summed E-state index contributed by atoms with van der Waals surface area (Å²) < 4.78 is 34.8. The van der Waals surface area contributed by atoms with Gasteiger partial charge in [-0.25, -0.2) is 13.4 Å². The Labute approximate surface area is 255 Å². The highest BCUT2D eigenvalue weighted by Crippen LogP contribution is 2.29. The molecule has 1 heterocycles. The van der Waals surface area contributed by atoms with E-state index in [0.717, 1.165) is 24.0 Å². The molecule has 2 atom stereocenters. The van der Waals surface area contributed by atoms with Crippen molar-refractivity contribution in [2.45, 2.75) is 82.9 Å². The Morgan fingerprint density at radius 2 is 1.74 bits per heavy atom. The zero-order valence-electron chi connectivity index (χ0n) is 25.7. The van der Waals surface area contributed by atoms with Crippen molar-refractivity contribution in [2.24, 2.45) is 11.8 Å². The van der Waals surface area contributed by atoms with E-state index < -0.39 is 22.2 Å². The van der Waals surface area contributed by atoms with Crippen molar-refractivity contribution in [3.63, 3.8) is 0 Å². The average molecular weight is 615 g/mol. The molecule has 1 aliphatic carbocycles. The summed E-state index contributed by atoms with van der Waals surface area (Å²) in [5, 5.41) is 16.2. The van der Waals surface area contributed by atoms with E-state index in [1.54, 1.807) is 12.1 Å². The van der Waals surface area contributed by atoms with Crippen LogP contribution in [0.5, 0.6) is 5.75 Å². The zero-order valence-corrected chi connectivity index (χ0v) is 26.5. The number of hydrazine groups is 1. The first-order valence-corrected chi connectivity index (χ1v) is 16.7. The minimum Gasteiger partial charge on any atom is -0.493 e. The maximum Gasteiger partial charge on any atom is 0.252 e. The molecule has 2 aromatic carbocycles. The number of benzene rings is 2. The van der Waals surface area contributed by atoms with Gasteiger partial charge in [0.25, 0.3) is 5.91 Å². The van der Waals surface area contributed by atoms with Gasteiger partial charge in [0, 0.05) is 32.0 Å². The van der Waals surface area contributed by atoms with Crippen LogP contribution in [-0.4, -0.2) is 79.1 Å². The molecule has 2 amide bonds. The molecule has 3 N–H and O–H groups in total. The van der Waals surface area contributed by atoms with Gasteiger partial charge in [-0.05, 0) is 60.4 Å². The number of fused-ring (bicyclic) bond motifs is 1. The van der Waals surface area contributed by atoms with Gasteiger partial charge < -0.3 is 15.2 Å². The number of rotatable bonds is 15. The third kappa shape index (κ3) is 9.25. The summed E-state index contributed by atoms with van der Waals surface area (Å²) in [7, 11) is -4.00. The Hall–Kier alpha value is -2.99. The molecule has 0 unspecified atom stereocenters. The van der Waals surface area contributed by atoms with Crippen LogP contribution in [0.4, 0.5) is 0 Å². The number of aliphatic hydroxyl groups is 1. The van der Waals surface area contributed by atoms with E-state index in [9.17, 15) is 23.1 Å². The first kappa shape index (κ1) is 32.9. The maximum atomic E-state index is 14.0. The first-order valence-electron chi connectivity index (χ1n) is 15.3. The van der Waals surface area contributed by atoms with Crippen LogP contribution < -0.4 is 15.5 Å². The molecule has 0 aromatic heterocycles. The number of amides is 2. The van der Waals surface area contributed by atoms with Crippen LogP contribution in [0.25, 0.3) is 0 Å². The van der Waals surface area contributed by atoms with Crippen molar-refractivity contribution in [2.75, 3.05) is 26.2 Å². The number of aliphatic hydroxyl groups excluding tert-OH is 1. The summed E-state index contributed by atoms with van der Waals surface area (Å²) in [5.74, 6) is -0.0664. The number of nitrogens with zero attached hydrogens (tertiary/aromatic N) is 2. The van der Waals surface area contributed by atoms with E-state index in [1.807, 2.05) is 58.0 Å². The Kier molecular flexibility index (Phi) is 11.2. The van der Waals surface area contributed by atoms with Gasteiger partial charge in [0.2, 0.25) is 15.9 Å². The van der Waals surface area contributed by atoms with Crippen molar-refractivity contribution in [3.8, 4) is 5.75 Å². The fourth-order valence-corrected chi connectivity index (χ4v) is 6.88. The second kappa shape index (κ2) is 14.7. The summed E-state index contributed by atoms with van der Waals surface area (Å²) in [6, 6.07) is 13.6. The third-order valence-electron chi connectivity index (χ3n) is 7.55. The van der Waals surface area contributed by atoms with Crippen LogP contribution in [0.3, 0.4) is 0 Å². The van der Waals surface area contributed by atoms with Gasteiger partial charge in [-0.3, -0.25) is 15.0 Å². The molecule has 43 heavy (non-hydrogen) atoms. The third-order valence-corrected chi connectivity index (χ3v) is 9.37.